The van der Waals surface area contributed by atoms with E-state index in [9.17, 15) is 9.59 Å². The highest BCUT2D eigenvalue weighted by atomic mass is 79.9. The maximum atomic E-state index is 13.3. The highest BCUT2D eigenvalue weighted by Crippen LogP contribution is 2.22. The lowest BCUT2D eigenvalue weighted by molar-refractivity contribution is -0.143. The van der Waals surface area contributed by atoms with Gasteiger partial charge in [0.15, 0.2) is 6.61 Å². The minimum atomic E-state index is -0.529. The molecule has 1 atom stereocenters. The molecule has 172 valence electrons. The Morgan fingerprint density at radius 1 is 1.16 bits per heavy atom. The van der Waals surface area contributed by atoms with Crippen molar-refractivity contribution < 1.29 is 14.3 Å². The van der Waals surface area contributed by atoms with Crippen LogP contribution in [0.15, 0.2) is 46.9 Å². The van der Waals surface area contributed by atoms with E-state index < -0.39 is 6.04 Å². The van der Waals surface area contributed by atoms with Crippen LogP contribution in [0.25, 0.3) is 0 Å². The van der Waals surface area contributed by atoms with E-state index in [1.165, 1.54) is 0 Å². The summed E-state index contributed by atoms with van der Waals surface area (Å²) in [6.45, 7) is 6.22. The van der Waals surface area contributed by atoms with E-state index in [1.807, 2.05) is 57.2 Å². The second-order valence-corrected chi connectivity index (χ2v) is 9.48. The van der Waals surface area contributed by atoms with Gasteiger partial charge in [0.2, 0.25) is 5.91 Å². The summed E-state index contributed by atoms with van der Waals surface area (Å²) in [5.41, 5.74) is 3.17. The number of halogens is 1. The van der Waals surface area contributed by atoms with Crippen LogP contribution >= 0.6 is 15.9 Å². The summed E-state index contributed by atoms with van der Waals surface area (Å²) in [4.78, 5) is 28.1. The van der Waals surface area contributed by atoms with Gasteiger partial charge in [0.25, 0.3) is 5.91 Å². The van der Waals surface area contributed by atoms with Gasteiger partial charge >= 0.3 is 0 Å². The molecule has 0 spiro atoms. The van der Waals surface area contributed by atoms with E-state index in [0.717, 1.165) is 46.8 Å². The maximum Gasteiger partial charge on any atom is 0.261 e. The number of ether oxygens (including phenoxy) is 1. The van der Waals surface area contributed by atoms with Gasteiger partial charge in [0.05, 0.1) is 0 Å². The molecule has 32 heavy (non-hydrogen) atoms. The molecule has 1 N–H and O–H groups in total. The van der Waals surface area contributed by atoms with Crippen LogP contribution in [0.3, 0.4) is 0 Å². The lowest BCUT2D eigenvalue weighted by Gasteiger charge is -2.31. The van der Waals surface area contributed by atoms with Crippen molar-refractivity contribution in [3.05, 3.63) is 63.6 Å². The highest BCUT2D eigenvalue weighted by Gasteiger charge is 2.30. The van der Waals surface area contributed by atoms with Crippen molar-refractivity contribution in [2.75, 3.05) is 6.61 Å². The average Bonchev–Trinajstić information content (AvgIpc) is 3.27. The van der Waals surface area contributed by atoms with Crippen LogP contribution < -0.4 is 10.1 Å². The van der Waals surface area contributed by atoms with Crippen molar-refractivity contribution >= 4 is 27.7 Å². The van der Waals surface area contributed by atoms with Gasteiger partial charge in [-0.25, -0.2) is 0 Å². The van der Waals surface area contributed by atoms with Gasteiger partial charge in [0.1, 0.15) is 11.8 Å². The predicted octanol–water partition coefficient (Wildman–Crippen LogP) is 5.31. The molecule has 0 heterocycles. The largest absolute Gasteiger partial charge is 0.484 e. The third-order valence-electron chi connectivity index (χ3n) is 6.01. The fourth-order valence-corrected chi connectivity index (χ4v) is 4.48. The van der Waals surface area contributed by atoms with Gasteiger partial charge in [-0.15, -0.1) is 0 Å². The summed E-state index contributed by atoms with van der Waals surface area (Å²) in [6.07, 6.45) is 4.87. The Labute approximate surface area is 199 Å². The van der Waals surface area contributed by atoms with Crippen molar-refractivity contribution in [3.8, 4) is 5.75 Å². The standard InChI is InChI=1S/C26H33BrN2O3/c1-4-24(26(31)28-21-10-5-6-11-21)29(16-20-9-7-8-18(2)14-20)25(30)17-32-22-12-13-23(27)19(3)15-22/h7-9,12-15,21,24H,4-6,10-11,16-17H2,1-3H3,(H,28,31)/t24-/m1/s1. The normalized spacial score (nSPS) is 14.8. The summed E-state index contributed by atoms with van der Waals surface area (Å²) < 4.78 is 6.80. The molecule has 2 aromatic carbocycles. The summed E-state index contributed by atoms with van der Waals surface area (Å²) in [5.74, 6) is 0.374. The van der Waals surface area contributed by atoms with E-state index in [1.54, 1.807) is 4.90 Å². The molecule has 0 aliphatic heterocycles. The zero-order valence-corrected chi connectivity index (χ0v) is 20.8. The van der Waals surface area contributed by atoms with Crippen LogP contribution in [0.1, 0.15) is 55.7 Å². The Bertz CT molecular complexity index is 940. The van der Waals surface area contributed by atoms with Crippen molar-refractivity contribution in [1.82, 2.24) is 10.2 Å². The molecular formula is C26H33BrN2O3. The molecule has 1 aliphatic rings. The van der Waals surface area contributed by atoms with Crippen molar-refractivity contribution in [1.29, 1.82) is 0 Å². The Hall–Kier alpha value is -2.34. The molecule has 2 amide bonds. The number of nitrogens with one attached hydrogen (secondary N) is 1. The average molecular weight is 501 g/mol. The number of hydrogen-bond donors (Lipinski definition) is 1. The lowest BCUT2D eigenvalue weighted by atomic mass is 10.1. The number of nitrogens with zero attached hydrogens (tertiary/aromatic N) is 1. The number of carbonyl (C=O) groups excluding carboxylic acids is 2. The van der Waals surface area contributed by atoms with E-state index in [-0.39, 0.29) is 24.5 Å². The van der Waals surface area contributed by atoms with Crippen LogP contribution in [-0.4, -0.2) is 35.4 Å². The second kappa shape index (κ2) is 11.5. The SMILES string of the molecule is CC[C@H](C(=O)NC1CCCC1)N(Cc1cccc(C)c1)C(=O)COc1ccc(Br)c(C)c1. The third kappa shape index (κ3) is 6.58. The minimum Gasteiger partial charge on any atom is -0.484 e. The van der Waals surface area contributed by atoms with E-state index in [4.69, 9.17) is 4.74 Å². The topological polar surface area (TPSA) is 58.6 Å². The molecule has 0 radical (unpaired) electrons. The van der Waals surface area contributed by atoms with Gasteiger partial charge in [-0.3, -0.25) is 9.59 Å². The van der Waals surface area contributed by atoms with E-state index >= 15 is 0 Å². The number of hydrogen-bond acceptors (Lipinski definition) is 3. The van der Waals surface area contributed by atoms with Crippen LogP contribution in [0.2, 0.25) is 0 Å². The maximum absolute atomic E-state index is 13.3. The lowest BCUT2D eigenvalue weighted by Crippen LogP contribution is -2.52. The smallest absolute Gasteiger partial charge is 0.261 e. The Morgan fingerprint density at radius 2 is 1.91 bits per heavy atom. The number of carbonyl (C=O) groups is 2. The molecular weight excluding hydrogens is 468 g/mol. The number of amides is 2. The van der Waals surface area contributed by atoms with Gasteiger partial charge in [-0.05, 0) is 62.4 Å². The quantitative estimate of drug-likeness (QED) is 0.507. The summed E-state index contributed by atoms with van der Waals surface area (Å²) in [5, 5.41) is 3.17. The molecule has 3 rings (SSSR count). The van der Waals surface area contributed by atoms with Crippen LogP contribution in [-0.2, 0) is 16.1 Å². The van der Waals surface area contributed by atoms with Gasteiger partial charge in [0, 0.05) is 17.1 Å². The first-order chi connectivity index (χ1) is 15.4. The zero-order valence-electron chi connectivity index (χ0n) is 19.2. The van der Waals surface area contributed by atoms with Crippen molar-refractivity contribution in [3.63, 3.8) is 0 Å². The monoisotopic (exact) mass is 500 g/mol. The molecule has 5 nitrogen and oxygen atoms in total. The third-order valence-corrected chi connectivity index (χ3v) is 6.90. The first kappa shape index (κ1) is 24.3. The Kier molecular flexibility index (Phi) is 8.74. The Morgan fingerprint density at radius 3 is 2.56 bits per heavy atom. The predicted molar refractivity (Wildman–Crippen MR) is 131 cm³/mol. The fraction of sp³-hybridized carbons (Fsp3) is 0.462. The first-order valence-electron chi connectivity index (χ1n) is 11.4. The molecule has 1 saturated carbocycles. The molecule has 0 bridgehead atoms. The number of benzene rings is 2. The molecule has 2 aromatic rings. The number of aryl methyl sites for hydroxylation is 2. The van der Waals surface area contributed by atoms with Crippen molar-refractivity contribution in [2.24, 2.45) is 0 Å². The highest BCUT2D eigenvalue weighted by molar-refractivity contribution is 9.10. The zero-order chi connectivity index (χ0) is 23.1. The molecule has 1 aliphatic carbocycles. The molecule has 6 heteroatoms. The van der Waals surface area contributed by atoms with E-state index in [2.05, 4.69) is 27.3 Å². The number of rotatable bonds is 9. The van der Waals surface area contributed by atoms with Crippen molar-refractivity contribution in [2.45, 2.75) is 71.5 Å². The fourth-order valence-electron chi connectivity index (χ4n) is 4.23. The Balaban J connectivity index is 1.76. The summed E-state index contributed by atoms with van der Waals surface area (Å²) in [6, 6.07) is 13.4. The van der Waals surface area contributed by atoms with Gasteiger partial charge in [-0.1, -0.05) is 65.5 Å². The molecule has 0 unspecified atom stereocenters. The van der Waals surface area contributed by atoms with Crippen LogP contribution in [0, 0.1) is 13.8 Å². The molecule has 0 aromatic heterocycles. The molecule has 1 fully saturated rings. The second-order valence-electron chi connectivity index (χ2n) is 8.62. The van der Waals surface area contributed by atoms with Crippen LogP contribution in [0.4, 0.5) is 0 Å². The molecule has 0 saturated heterocycles. The summed E-state index contributed by atoms with van der Waals surface area (Å²) >= 11 is 3.48. The van der Waals surface area contributed by atoms with E-state index in [0.29, 0.717) is 18.7 Å². The van der Waals surface area contributed by atoms with Gasteiger partial charge in [-0.2, -0.15) is 0 Å². The minimum absolute atomic E-state index is 0.0695. The first-order valence-corrected chi connectivity index (χ1v) is 12.2. The van der Waals surface area contributed by atoms with Gasteiger partial charge < -0.3 is 15.0 Å². The summed E-state index contributed by atoms with van der Waals surface area (Å²) in [7, 11) is 0. The van der Waals surface area contributed by atoms with Crippen LogP contribution in [0.5, 0.6) is 5.75 Å².